The maximum Gasteiger partial charge on any atom is 0.134 e. The normalized spacial score (nSPS) is 11.3. The summed E-state index contributed by atoms with van der Waals surface area (Å²) < 4.78 is 0. The summed E-state index contributed by atoms with van der Waals surface area (Å²) in [4.78, 5) is 11.1. The van der Waals surface area contributed by atoms with E-state index in [9.17, 15) is 0 Å². The van der Waals surface area contributed by atoms with E-state index in [2.05, 4.69) is 42.6 Å². The molecule has 0 fully saturated rings. The molecule has 0 aliphatic carbocycles. The minimum Gasteiger partial charge on any atom is -0.356 e. The van der Waals surface area contributed by atoms with Gasteiger partial charge in [-0.05, 0) is 11.8 Å². The molecule has 0 bridgehead atoms. The van der Waals surface area contributed by atoms with Crippen molar-refractivity contribution in [1.29, 1.82) is 0 Å². The van der Waals surface area contributed by atoms with Crippen molar-refractivity contribution in [3.63, 3.8) is 0 Å². The van der Waals surface area contributed by atoms with Crippen LogP contribution in [0.4, 0.5) is 5.82 Å². The van der Waals surface area contributed by atoms with Gasteiger partial charge in [0.2, 0.25) is 0 Å². The zero-order chi connectivity index (χ0) is 13.7. The number of hydrogen-bond donors (Lipinski definition) is 0. The summed E-state index contributed by atoms with van der Waals surface area (Å²) >= 11 is 6.07. The lowest BCUT2D eigenvalue weighted by Gasteiger charge is -2.27. The predicted octanol–water partition coefficient (Wildman–Crippen LogP) is 3.81. The van der Waals surface area contributed by atoms with Crippen LogP contribution < -0.4 is 4.90 Å². The molecule has 102 valence electrons. The molecule has 4 heteroatoms. The molecule has 0 radical (unpaired) electrons. The van der Waals surface area contributed by atoms with Crippen LogP contribution >= 0.6 is 11.6 Å². The number of halogens is 1. The molecular formula is C14H24ClN3. The maximum atomic E-state index is 6.07. The summed E-state index contributed by atoms with van der Waals surface area (Å²) in [5.74, 6) is 2.97. The average Bonchev–Trinajstić information content (AvgIpc) is 2.26. The first-order valence-electron chi connectivity index (χ1n) is 6.70. The molecule has 1 rings (SSSR count). The SMILES string of the molecule is CCc1nc(Cl)cc(N(CC(C)C)CC(C)C)n1. The van der Waals surface area contributed by atoms with Gasteiger partial charge in [0.15, 0.2) is 0 Å². The Morgan fingerprint density at radius 1 is 1.11 bits per heavy atom. The fraction of sp³-hybridized carbons (Fsp3) is 0.714. The van der Waals surface area contributed by atoms with Gasteiger partial charge < -0.3 is 4.90 Å². The third kappa shape index (κ3) is 4.81. The molecule has 0 aliphatic rings. The van der Waals surface area contributed by atoms with Crippen LogP contribution in [0.5, 0.6) is 0 Å². The monoisotopic (exact) mass is 269 g/mol. The molecule has 0 saturated heterocycles. The van der Waals surface area contributed by atoms with E-state index in [1.807, 2.05) is 13.0 Å². The van der Waals surface area contributed by atoms with Crippen molar-refractivity contribution in [1.82, 2.24) is 9.97 Å². The zero-order valence-electron chi connectivity index (χ0n) is 12.1. The largest absolute Gasteiger partial charge is 0.356 e. The van der Waals surface area contributed by atoms with Crippen molar-refractivity contribution >= 4 is 17.4 Å². The van der Waals surface area contributed by atoms with E-state index in [0.717, 1.165) is 31.2 Å². The van der Waals surface area contributed by atoms with Crippen LogP contribution in [0, 0.1) is 11.8 Å². The van der Waals surface area contributed by atoms with Crippen LogP contribution in [0.15, 0.2) is 6.07 Å². The summed E-state index contributed by atoms with van der Waals surface area (Å²) in [5.41, 5.74) is 0. The Morgan fingerprint density at radius 3 is 2.11 bits per heavy atom. The molecule has 0 aromatic carbocycles. The number of hydrogen-bond acceptors (Lipinski definition) is 3. The fourth-order valence-corrected chi connectivity index (χ4v) is 2.11. The highest BCUT2D eigenvalue weighted by atomic mass is 35.5. The third-order valence-corrected chi connectivity index (χ3v) is 2.73. The highest BCUT2D eigenvalue weighted by molar-refractivity contribution is 6.29. The van der Waals surface area contributed by atoms with Crippen molar-refractivity contribution < 1.29 is 0 Å². The smallest absolute Gasteiger partial charge is 0.134 e. The first-order chi connectivity index (χ1) is 8.42. The van der Waals surface area contributed by atoms with E-state index in [1.54, 1.807) is 0 Å². The predicted molar refractivity (Wildman–Crippen MR) is 78.3 cm³/mol. The number of nitrogens with zero attached hydrogens (tertiary/aromatic N) is 3. The Balaban J connectivity index is 2.99. The number of aryl methyl sites for hydroxylation is 1. The Morgan fingerprint density at radius 2 is 1.67 bits per heavy atom. The van der Waals surface area contributed by atoms with Gasteiger partial charge in [-0.15, -0.1) is 0 Å². The maximum absolute atomic E-state index is 6.07. The van der Waals surface area contributed by atoms with Crippen LogP contribution in [-0.4, -0.2) is 23.1 Å². The Hall–Kier alpha value is -0.830. The van der Waals surface area contributed by atoms with Gasteiger partial charge in [0, 0.05) is 25.6 Å². The molecule has 0 N–H and O–H groups in total. The molecule has 0 spiro atoms. The van der Waals surface area contributed by atoms with Gasteiger partial charge in [0.25, 0.3) is 0 Å². The standard InChI is InChI=1S/C14H24ClN3/c1-6-13-16-12(15)7-14(17-13)18(8-10(2)3)9-11(4)5/h7,10-11H,6,8-9H2,1-5H3. The molecule has 0 unspecified atom stereocenters. The zero-order valence-corrected chi connectivity index (χ0v) is 12.8. The minimum atomic E-state index is 0.536. The van der Waals surface area contributed by atoms with E-state index in [4.69, 9.17) is 11.6 Å². The molecule has 18 heavy (non-hydrogen) atoms. The first-order valence-corrected chi connectivity index (χ1v) is 7.08. The molecule has 1 aromatic rings. The molecule has 1 heterocycles. The van der Waals surface area contributed by atoms with Crippen LogP contribution in [-0.2, 0) is 6.42 Å². The van der Waals surface area contributed by atoms with Crippen molar-refractivity contribution in [2.24, 2.45) is 11.8 Å². The molecule has 3 nitrogen and oxygen atoms in total. The number of rotatable bonds is 6. The molecule has 1 aromatic heterocycles. The quantitative estimate of drug-likeness (QED) is 0.736. The van der Waals surface area contributed by atoms with Crippen LogP contribution in [0.25, 0.3) is 0 Å². The second-order valence-electron chi connectivity index (χ2n) is 5.51. The van der Waals surface area contributed by atoms with Crippen LogP contribution in [0.1, 0.15) is 40.4 Å². The molecule has 0 saturated carbocycles. The highest BCUT2D eigenvalue weighted by Gasteiger charge is 2.13. The Labute approximate surface area is 116 Å². The van der Waals surface area contributed by atoms with E-state index in [1.165, 1.54) is 0 Å². The summed E-state index contributed by atoms with van der Waals surface area (Å²) in [6.45, 7) is 12.9. The van der Waals surface area contributed by atoms with Gasteiger partial charge >= 0.3 is 0 Å². The summed E-state index contributed by atoms with van der Waals surface area (Å²) in [7, 11) is 0. The Kier molecular flexibility index (Phi) is 5.86. The van der Waals surface area contributed by atoms with Crippen molar-refractivity contribution in [3.05, 3.63) is 17.0 Å². The lowest BCUT2D eigenvalue weighted by atomic mass is 10.1. The molecule has 0 amide bonds. The first kappa shape index (κ1) is 15.2. The van der Waals surface area contributed by atoms with Crippen molar-refractivity contribution in [2.45, 2.75) is 41.0 Å². The van der Waals surface area contributed by atoms with E-state index in [-0.39, 0.29) is 0 Å². The average molecular weight is 270 g/mol. The van der Waals surface area contributed by atoms with Gasteiger partial charge in [0.05, 0.1) is 0 Å². The van der Waals surface area contributed by atoms with Gasteiger partial charge in [-0.25, -0.2) is 9.97 Å². The summed E-state index contributed by atoms with van der Waals surface area (Å²) in [6.07, 6.45) is 0.810. The van der Waals surface area contributed by atoms with Gasteiger partial charge in [0.1, 0.15) is 16.8 Å². The van der Waals surface area contributed by atoms with E-state index < -0.39 is 0 Å². The van der Waals surface area contributed by atoms with Gasteiger partial charge in [-0.2, -0.15) is 0 Å². The second-order valence-corrected chi connectivity index (χ2v) is 5.90. The van der Waals surface area contributed by atoms with E-state index in [0.29, 0.717) is 17.0 Å². The molecular weight excluding hydrogens is 246 g/mol. The summed E-state index contributed by atoms with van der Waals surface area (Å²) in [5, 5.41) is 0.536. The topological polar surface area (TPSA) is 29.0 Å². The third-order valence-electron chi connectivity index (χ3n) is 2.54. The summed E-state index contributed by atoms with van der Waals surface area (Å²) in [6, 6.07) is 1.87. The van der Waals surface area contributed by atoms with Crippen LogP contribution in [0.3, 0.4) is 0 Å². The van der Waals surface area contributed by atoms with Crippen LogP contribution in [0.2, 0.25) is 5.15 Å². The lowest BCUT2D eigenvalue weighted by molar-refractivity contribution is 0.547. The Bertz CT molecular complexity index is 367. The van der Waals surface area contributed by atoms with Crippen molar-refractivity contribution in [2.75, 3.05) is 18.0 Å². The number of aromatic nitrogens is 2. The van der Waals surface area contributed by atoms with Gasteiger partial charge in [-0.1, -0.05) is 46.2 Å². The fourth-order valence-electron chi connectivity index (χ4n) is 1.91. The molecule has 0 atom stereocenters. The highest BCUT2D eigenvalue weighted by Crippen LogP contribution is 2.19. The van der Waals surface area contributed by atoms with Gasteiger partial charge in [-0.3, -0.25) is 0 Å². The van der Waals surface area contributed by atoms with Crippen molar-refractivity contribution in [3.8, 4) is 0 Å². The lowest BCUT2D eigenvalue weighted by Crippen LogP contribution is -2.32. The number of anilines is 1. The van der Waals surface area contributed by atoms with E-state index >= 15 is 0 Å². The minimum absolute atomic E-state index is 0.536. The molecule has 0 aliphatic heterocycles. The second kappa shape index (κ2) is 6.93.